The molecule has 3 aromatic carbocycles. The Bertz CT molecular complexity index is 1450. The first-order valence-electron chi connectivity index (χ1n) is 11.8. The van der Waals surface area contributed by atoms with Crippen molar-refractivity contribution in [3.05, 3.63) is 95.6 Å². The van der Waals surface area contributed by atoms with Gasteiger partial charge in [0, 0.05) is 29.6 Å². The lowest BCUT2D eigenvalue weighted by Gasteiger charge is -2.20. The summed E-state index contributed by atoms with van der Waals surface area (Å²) in [5.41, 5.74) is 0.0637. The molecule has 0 fully saturated rings. The molecule has 0 N–H and O–H groups in total. The summed E-state index contributed by atoms with van der Waals surface area (Å²) < 4.78 is 106. The molecular formula is C28H21F7N2O2. The van der Waals surface area contributed by atoms with Gasteiger partial charge in [-0.25, -0.2) is 23.1 Å². The number of unbranched alkanes of at least 4 members (excludes halogenated alkanes) is 1. The monoisotopic (exact) mass is 550 g/mol. The third kappa shape index (κ3) is 6.65. The third-order valence-electron chi connectivity index (χ3n) is 5.71. The van der Waals surface area contributed by atoms with Gasteiger partial charge < -0.3 is 9.47 Å². The van der Waals surface area contributed by atoms with Crippen LogP contribution in [-0.2, 0) is 12.5 Å². The zero-order valence-corrected chi connectivity index (χ0v) is 20.4. The smallest absolute Gasteiger partial charge is 0.429 e. The maximum Gasteiger partial charge on any atom is 0.429 e. The van der Waals surface area contributed by atoms with Crippen molar-refractivity contribution in [2.24, 2.45) is 0 Å². The molecule has 0 aliphatic carbocycles. The highest BCUT2D eigenvalue weighted by molar-refractivity contribution is 5.69. The minimum absolute atomic E-state index is 0.0218. The van der Waals surface area contributed by atoms with Crippen molar-refractivity contribution < 1.29 is 40.2 Å². The Morgan fingerprint density at radius 1 is 0.821 bits per heavy atom. The Morgan fingerprint density at radius 2 is 1.51 bits per heavy atom. The molecule has 1 aromatic heterocycles. The van der Waals surface area contributed by atoms with Crippen molar-refractivity contribution in [3.63, 3.8) is 0 Å². The van der Waals surface area contributed by atoms with E-state index in [1.165, 1.54) is 12.1 Å². The second kappa shape index (κ2) is 11.7. The van der Waals surface area contributed by atoms with Gasteiger partial charge in [-0.1, -0.05) is 31.5 Å². The average Bonchev–Trinajstić information content (AvgIpc) is 2.88. The molecule has 0 amide bonds. The number of benzene rings is 3. The van der Waals surface area contributed by atoms with Crippen molar-refractivity contribution in [1.82, 2.24) is 9.97 Å². The van der Waals surface area contributed by atoms with Crippen LogP contribution in [0.3, 0.4) is 0 Å². The van der Waals surface area contributed by atoms with E-state index in [1.54, 1.807) is 12.4 Å². The van der Waals surface area contributed by atoms with Crippen LogP contribution in [0.5, 0.6) is 11.5 Å². The molecular weight excluding hydrogens is 529 g/mol. The Kier molecular flexibility index (Phi) is 8.37. The summed E-state index contributed by atoms with van der Waals surface area (Å²) in [6, 6.07) is 8.38. The van der Waals surface area contributed by atoms with Gasteiger partial charge in [0.05, 0.1) is 5.56 Å². The topological polar surface area (TPSA) is 44.2 Å². The van der Waals surface area contributed by atoms with E-state index >= 15 is 0 Å². The van der Waals surface area contributed by atoms with Gasteiger partial charge in [0.1, 0.15) is 17.4 Å². The second-order valence-electron chi connectivity index (χ2n) is 8.50. The van der Waals surface area contributed by atoms with E-state index < -0.39 is 47.2 Å². The Labute approximate surface area is 219 Å². The van der Waals surface area contributed by atoms with Crippen LogP contribution in [0.4, 0.5) is 30.7 Å². The minimum atomic E-state index is -4.27. The molecule has 0 atom stereocenters. The predicted molar refractivity (Wildman–Crippen MR) is 129 cm³/mol. The molecule has 0 radical (unpaired) electrons. The maximum atomic E-state index is 14.9. The van der Waals surface area contributed by atoms with Crippen LogP contribution in [0.25, 0.3) is 22.5 Å². The van der Waals surface area contributed by atoms with Crippen LogP contribution in [0.1, 0.15) is 30.9 Å². The highest BCUT2D eigenvalue weighted by atomic mass is 19.3. The fourth-order valence-corrected chi connectivity index (χ4v) is 3.76. The van der Waals surface area contributed by atoms with Gasteiger partial charge in [0.25, 0.3) is 0 Å². The first-order valence-corrected chi connectivity index (χ1v) is 11.8. The molecule has 0 spiro atoms. The molecule has 39 heavy (non-hydrogen) atoms. The van der Waals surface area contributed by atoms with Crippen LogP contribution in [0.2, 0.25) is 0 Å². The van der Waals surface area contributed by atoms with Gasteiger partial charge in [-0.3, -0.25) is 0 Å². The first kappa shape index (κ1) is 27.9. The molecule has 0 bridgehead atoms. The Morgan fingerprint density at radius 3 is 2.13 bits per heavy atom. The molecule has 0 aliphatic heterocycles. The fraction of sp³-hybridized carbons (Fsp3) is 0.214. The third-order valence-corrected chi connectivity index (χ3v) is 5.71. The standard InChI is InChI=1S/C28H21F7N2O2/c1-2-3-4-16-14-36-26(37-15-16)18-5-8-20(22(29)12-18)17-6-9-21(23(30)11-17)28(34,35)39-19-7-10-25(24(31)13-19)38-27(32)33/h5-15,27H,2-4H2,1H3. The highest BCUT2D eigenvalue weighted by Crippen LogP contribution is 2.37. The SMILES string of the molecule is CCCCc1cnc(-c2ccc(-c3ccc(C(F)(F)Oc4ccc(OC(F)F)c(F)c4)c(F)c3)c(F)c2)nc1. The van der Waals surface area contributed by atoms with Crippen molar-refractivity contribution in [3.8, 4) is 34.0 Å². The summed E-state index contributed by atoms with van der Waals surface area (Å²) >= 11 is 0. The van der Waals surface area contributed by atoms with E-state index in [9.17, 15) is 30.7 Å². The Hall–Kier alpha value is -4.15. The van der Waals surface area contributed by atoms with E-state index in [0.717, 1.165) is 43.0 Å². The highest BCUT2D eigenvalue weighted by Gasteiger charge is 2.38. The maximum absolute atomic E-state index is 14.9. The molecule has 4 rings (SSSR count). The number of hydrogen-bond acceptors (Lipinski definition) is 4. The normalized spacial score (nSPS) is 11.6. The number of alkyl halides is 4. The quantitative estimate of drug-likeness (QED) is 0.186. The summed E-state index contributed by atoms with van der Waals surface area (Å²) in [6.07, 6.45) is 1.90. The molecule has 0 saturated carbocycles. The van der Waals surface area contributed by atoms with Crippen molar-refractivity contribution in [2.45, 2.75) is 38.9 Å². The Balaban J connectivity index is 1.53. The number of aryl methyl sites for hydroxylation is 1. The number of hydrogen-bond donors (Lipinski definition) is 0. The van der Waals surface area contributed by atoms with E-state index in [4.69, 9.17) is 0 Å². The number of rotatable bonds is 10. The molecule has 11 heteroatoms. The number of nitrogens with zero attached hydrogens (tertiary/aromatic N) is 2. The second-order valence-corrected chi connectivity index (χ2v) is 8.50. The molecule has 0 aliphatic rings. The minimum Gasteiger partial charge on any atom is -0.432 e. The van der Waals surface area contributed by atoms with E-state index in [2.05, 4.69) is 26.4 Å². The lowest BCUT2D eigenvalue weighted by molar-refractivity contribution is -0.187. The molecule has 4 nitrogen and oxygen atoms in total. The molecule has 4 aromatic rings. The van der Waals surface area contributed by atoms with Gasteiger partial charge in [0.2, 0.25) is 0 Å². The van der Waals surface area contributed by atoms with Crippen molar-refractivity contribution >= 4 is 0 Å². The van der Waals surface area contributed by atoms with Crippen LogP contribution in [0.15, 0.2) is 67.0 Å². The van der Waals surface area contributed by atoms with Gasteiger partial charge in [-0.2, -0.15) is 17.6 Å². The molecule has 204 valence electrons. The summed E-state index contributed by atoms with van der Waals surface area (Å²) in [5, 5.41) is 0. The van der Waals surface area contributed by atoms with E-state index in [0.29, 0.717) is 35.7 Å². The molecule has 0 saturated heterocycles. The van der Waals surface area contributed by atoms with E-state index in [1.807, 2.05) is 0 Å². The van der Waals surface area contributed by atoms with Crippen molar-refractivity contribution in [1.29, 1.82) is 0 Å². The van der Waals surface area contributed by atoms with Crippen LogP contribution in [-0.4, -0.2) is 16.6 Å². The lowest BCUT2D eigenvalue weighted by atomic mass is 10.0. The summed E-state index contributed by atoms with van der Waals surface area (Å²) in [7, 11) is 0. The molecule has 1 heterocycles. The summed E-state index contributed by atoms with van der Waals surface area (Å²) in [4.78, 5) is 8.51. The number of aromatic nitrogens is 2. The van der Waals surface area contributed by atoms with Crippen LogP contribution >= 0.6 is 0 Å². The van der Waals surface area contributed by atoms with Gasteiger partial charge in [-0.05, 0) is 54.3 Å². The van der Waals surface area contributed by atoms with E-state index in [-0.39, 0.29) is 11.1 Å². The zero-order valence-electron chi connectivity index (χ0n) is 20.4. The summed E-state index contributed by atoms with van der Waals surface area (Å²) in [6.45, 7) is -1.25. The zero-order chi connectivity index (χ0) is 28.2. The van der Waals surface area contributed by atoms with Gasteiger partial charge in [-0.15, -0.1) is 0 Å². The lowest BCUT2D eigenvalue weighted by Crippen LogP contribution is -2.23. The van der Waals surface area contributed by atoms with Gasteiger partial charge >= 0.3 is 12.7 Å². The molecule has 0 unspecified atom stereocenters. The summed E-state index contributed by atoms with van der Waals surface area (Å²) in [5.74, 6) is -4.88. The van der Waals surface area contributed by atoms with Crippen molar-refractivity contribution in [2.75, 3.05) is 0 Å². The number of ether oxygens (including phenoxy) is 2. The largest absolute Gasteiger partial charge is 0.432 e. The fourth-order valence-electron chi connectivity index (χ4n) is 3.76. The predicted octanol–water partition coefficient (Wildman–Crippen LogP) is 8.30. The average molecular weight is 550 g/mol. The first-order chi connectivity index (χ1) is 18.6. The number of halogens is 7. The van der Waals surface area contributed by atoms with Gasteiger partial charge in [0.15, 0.2) is 17.4 Å². The van der Waals surface area contributed by atoms with Crippen LogP contribution < -0.4 is 9.47 Å². The van der Waals surface area contributed by atoms with Crippen LogP contribution in [0, 0.1) is 17.5 Å².